The zero-order valence-electron chi connectivity index (χ0n) is 11.6. The lowest BCUT2D eigenvalue weighted by Crippen LogP contribution is -1.97. The van der Waals surface area contributed by atoms with Crippen LogP contribution in [0.5, 0.6) is 0 Å². The fourth-order valence-corrected chi connectivity index (χ4v) is 3.07. The van der Waals surface area contributed by atoms with E-state index in [0.717, 1.165) is 28.8 Å². The van der Waals surface area contributed by atoms with E-state index in [1.807, 2.05) is 0 Å². The van der Waals surface area contributed by atoms with Crippen molar-refractivity contribution in [2.75, 3.05) is 12.4 Å². The molecule has 0 bridgehead atoms. The second-order valence-electron chi connectivity index (χ2n) is 4.56. The van der Waals surface area contributed by atoms with Gasteiger partial charge in [-0.15, -0.1) is 11.3 Å². The van der Waals surface area contributed by atoms with Crippen molar-refractivity contribution in [3.63, 3.8) is 0 Å². The van der Waals surface area contributed by atoms with Crippen LogP contribution >= 0.6 is 11.3 Å². The third-order valence-corrected chi connectivity index (χ3v) is 4.38. The number of aryl methyl sites for hydroxylation is 1. The molecule has 108 valence electrons. The molecule has 0 amide bonds. The van der Waals surface area contributed by atoms with Gasteiger partial charge < -0.3 is 5.32 Å². The molecule has 0 saturated carbocycles. The van der Waals surface area contributed by atoms with E-state index in [0.29, 0.717) is 17.2 Å². The van der Waals surface area contributed by atoms with Gasteiger partial charge in [0.05, 0.1) is 5.39 Å². The normalized spacial score (nSPS) is 11.0. The lowest BCUT2D eigenvalue weighted by molar-refractivity contribution is 0.509. The second-order valence-corrected chi connectivity index (χ2v) is 5.68. The third kappa shape index (κ3) is 2.47. The standard InChI is InChI=1S/C15H13F2N3S/c1-3-9-7-10-14(18-2)19-13(20-15(10)21-9)8-4-5-11(16)12(17)6-8/h4-7H,3H2,1-2H3,(H,18,19,20). The Balaban J connectivity index is 2.20. The molecular formula is C15H13F2N3S. The number of fused-ring (bicyclic) bond motifs is 1. The molecule has 1 N–H and O–H groups in total. The molecule has 1 aromatic carbocycles. The number of nitrogens with one attached hydrogen (secondary N) is 1. The van der Waals surface area contributed by atoms with Crippen molar-refractivity contribution in [2.45, 2.75) is 13.3 Å². The fourth-order valence-electron chi connectivity index (χ4n) is 2.10. The highest BCUT2D eigenvalue weighted by Crippen LogP contribution is 2.31. The first-order valence-electron chi connectivity index (χ1n) is 6.56. The number of thiophene rings is 1. The van der Waals surface area contributed by atoms with Crippen molar-refractivity contribution in [3.05, 3.63) is 40.8 Å². The van der Waals surface area contributed by atoms with Crippen LogP contribution in [0.25, 0.3) is 21.6 Å². The molecular weight excluding hydrogens is 292 g/mol. The first-order chi connectivity index (χ1) is 10.1. The molecule has 2 aromatic heterocycles. The summed E-state index contributed by atoms with van der Waals surface area (Å²) in [6.45, 7) is 2.08. The van der Waals surface area contributed by atoms with E-state index in [1.165, 1.54) is 10.9 Å². The summed E-state index contributed by atoms with van der Waals surface area (Å²) in [7, 11) is 1.78. The number of benzene rings is 1. The van der Waals surface area contributed by atoms with Crippen LogP contribution in [0.3, 0.4) is 0 Å². The number of rotatable bonds is 3. The van der Waals surface area contributed by atoms with Crippen LogP contribution in [0.15, 0.2) is 24.3 Å². The summed E-state index contributed by atoms with van der Waals surface area (Å²) in [5, 5.41) is 3.98. The predicted molar refractivity (Wildman–Crippen MR) is 81.7 cm³/mol. The Hall–Kier alpha value is -2.08. The van der Waals surface area contributed by atoms with E-state index in [-0.39, 0.29) is 0 Å². The highest BCUT2D eigenvalue weighted by atomic mass is 32.1. The smallest absolute Gasteiger partial charge is 0.163 e. The van der Waals surface area contributed by atoms with Crippen LogP contribution in [0.4, 0.5) is 14.6 Å². The van der Waals surface area contributed by atoms with Crippen LogP contribution in [0, 0.1) is 11.6 Å². The van der Waals surface area contributed by atoms with Crippen molar-refractivity contribution in [2.24, 2.45) is 0 Å². The highest BCUT2D eigenvalue weighted by molar-refractivity contribution is 7.18. The van der Waals surface area contributed by atoms with Crippen molar-refractivity contribution in [1.29, 1.82) is 0 Å². The van der Waals surface area contributed by atoms with Crippen molar-refractivity contribution < 1.29 is 8.78 Å². The van der Waals surface area contributed by atoms with E-state index in [4.69, 9.17) is 0 Å². The summed E-state index contributed by atoms with van der Waals surface area (Å²) in [5.41, 5.74) is 0.457. The molecule has 6 heteroatoms. The number of nitrogens with zero attached hydrogens (tertiary/aromatic N) is 2. The minimum absolute atomic E-state index is 0.384. The Kier molecular flexibility index (Phi) is 3.55. The maximum atomic E-state index is 13.4. The SMILES string of the molecule is CCc1cc2c(NC)nc(-c3ccc(F)c(F)c3)nc2s1. The largest absolute Gasteiger partial charge is 0.372 e. The Morgan fingerprint density at radius 3 is 2.62 bits per heavy atom. The molecule has 2 heterocycles. The number of hydrogen-bond donors (Lipinski definition) is 1. The summed E-state index contributed by atoms with van der Waals surface area (Å²) in [5.74, 6) is -0.702. The number of anilines is 1. The number of hydrogen-bond acceptors (Lipinski definition) is 4. The molecule has 0 fully saturated rings. The van der Waals surface area contributed by atoms with Gasteiger partial charge in [-0.25, -0.2) is 18.7 Å². The molecule has 0 spiro atoms. The van der Waals surface area contributed by atoms with Gasteiger partial charge in [0.2, 0.25) is 0 Å². The van der Waals surface area contributed by atoms with E-state index in [9.17, 15) is 8.78 Å². The molecule has 3 rings (SSSR count). The molecule has 0 radical (unpaired) electrons. The maximum absolute atomic E-state index is 13.4. The average molecular weight is 305 g/mol. The monoisotopic (exact) mass is 305 g/mol. The van der Waals surface area contributed by atoms with Crippen LogP contribution < -0.4 is 5.32 Å². The van der Waals surface area contributed by atoms with Crippen LogP contribution in [0.2, 0.25) is 0 Å². The molecule has 0 saturated heterocycles. The lowest BCUT2D eigenvalue weighted by atomic mass is 10.2. The van der Waals surface area contributed by atoms with Crippen molar-refractivity contribution in [1.82, 2.24) is 9.97 Å². The predicted octanol–water partition coefficient (Wildman–Crippen LogP) is 4.24. The Morgan fingerprint density at radius 1 is 1.14 bits per heavy atom. The summed E-state index contributed by atoms with van der Waals surface area (Å²) in [6, 6.07) is 5.74. The van der Waals surface area contributed by atoms with Gasteiger partial charge in [0, 0.05) is 17.5 Å². The van der Waals surface area contributed by atoms with Crippen LogP contribution in [0.1, 0.15) is 11.8 Å². The zero-order valence-corrected chi connectivity index (χ0v) is 12.4. The molecule has 0 aliphatic heterocycles. The first kappa shape index (κ1) is 13.9. The van der Waals surface area contributed by atoms with Crippen LogP contribution in [-0.2, 0) is 6.42 Å². The quantitative estimate of drug-likeness (QED) is 0.786. The summed E-state index contributed by atoms with van der Waals surface area (Å²) in [4.78, 5) is 10.9. The van der Waals surface area contributed by atoms with Gasteiger partial charge >= 0.3 is 0 Å². The second kappa shape index (κ2) is 5.37. The lowest BCUT2D eigenvalue weighted by Gasteiger charge is -2.05. The van der Waals surface area contributed by atoms with Gasteiger partial charge in [-0.2, -0.15) is 0 Å². The Labute approximate surface area is 124 Å². The fraction of sp³-hybridized carbons (Fsp3) is 0.200. The minimum Gasteiger partial charge on any atom is -0.372 e. The van der Waals surface area contributed by atoms with Gasteiger partial charge in [0.1, 0.15) is 10.6 Å². The van der Waals surface area contributed by atoms with E-state index in [1.54, 1.807) is 18.4 Å². The maximum Gasteiger partial charge on any atom is 0.163 e. The molecule has 0 atom stereocenters. The topological polar surface area (TPSA) is 37.8 Å². The van der Waals surface area contributed by atoms with Crippen molar-refractivity contribution in [3.8, 4) is 11.4 Å². The first-order valence-corrected chi connectivity index (χ1v) is 7.37. The minimum atomic E-state index is -0.900. The van der Waals surface area contributed by atoms with Gasteiger partial charge in [-0.1, -0.05) is 6.92 Å². The summed E-state index contributed by atoms with van der Waals surface area (Å²) < 4.78 is 26.4. The van der Waals surface area contributed by atoms with Crippen LogP contribution in [-0.4, -0.2) is 17.0 Å². The highest BCUT2D eigenvalue weighted by Gasteiger charge is 2.13. The van der Waals surface area contributed by atoms with E-state index in [2.05, 4.69) is 28.3 Å². The molecule has 3 aromatic rings. The van der Waals surface area contributed by atoms with Gasteiger partial charge in [0.15, 0.2) is 17.5 Å². The summed E-state index contributed by atoms with van der Waals surface area (Å²) >= 11 is 1.58. The Bertz CT molecular complexity index is 814. The molecule has 21 heavy (non-hydrogen) atoms. The zero-order chi connectivity index (χ0) is 15.0. The number of halogens is 2. The van der Waals surface area contributed by atoms with Crippen molar-refractivity contribution >= 4 is 27.4 Å². The molecule has 0 aliphatic rings. The Morgan fingerprint density at radius 2 is 1.95 bits per heavy atom. The molecule has 3 nitrogen and oxygen atoms in total. The summed E-state index contributed by atoms with van der Waals surface area (Å²) in [6.07, 6.45) is 0.921. The van der Waals surface area contributed by atoms with Gasteiger partial charge in [-0.05, 0) is 30.7 Å². The van der Waals surface area contributed by atoms with Gasteiger partial charge in [0.25, 0.3) is 0 Å². The third-order valence-electron chi connectivity index (χ3n) is 3.21. The van der Waals surface area contributed by atoms with Gasteiger partial charge in [-0.3, -0.25) is 0 Å². The average Bonchev–Trinajstić information content (AvgIpc) is 2.92. The number of aromatic nitrogens is 2. The molecule has 0 aliphatic carbocycles. The molecule has 0 unspecified atom stereocenters. The van der Waals surface area contributed by atoms with E-state index >= 15 is 0 Å². The van der Waals surface area contributed by atoms with E-state index < -0.39 is 11.6 Å².